The largest absolute Gasteiger partial charge is 0.273 e. The maximum Gasteiger partial charge on any atom is 0.243 e. The van der Waals surface area contributed by atoms with Crippen LogP contribution in [-0.4, -0.2) is 25.8 Å². The maximum atomic E-state index is 11.6. The zero-order valence-electron chi connectivity index (χ0n) is 10.5. The van der Waals surface area contributed by atoms with Crippen molar-refractivity contribution in [3.8, 4) is 0 Å². The quantitative estimate of drug-likeness (QED) is 0.820. The van der Waals surface area contributed by atoms with Gasteiger partial charge in [-0.2, -0.15) is 0 Å². The van der Waals surface area contributed by atoms with Gasteiger partial charge >= 0.3 is 0 Å². The number of carbonyl (C=O) groups excluding carboxylic acids is 1. The monoisotopic (exact) mass is 283 g/mol. The van der Waals surface area contributed by atoms with E-state index in [0.29, 0.717) is 13.0 Å². The lowest BCUT2D eigenvalue weighted by Crippen LogP contribution is -2.26. The molecule has 1 aliphatic heterocycles. The van der Waals surface area contributed by atoms with Crippen molar-refractivity contribution in [3.05, 3.63) is 35.9 Å². The van der Waals surface area contributed by atoms with Gasteiger partial charge < -0.3 is 0 Å². The molecule has 19 heavy (non-hydrogen) atoms. The lowest BCUT2D eigenvalue weighted by molar-refractivity contribution is -0.135. The minimum atomic E-state index is -2.93. The molecule has 1 aliphatic rings. The first-order valence-electron chi connectivity index (χ1n) is 6.20. The van der Waals surface area contributed by atoms with E-state index in [-0.39, 0.29) is 29.8 Å². The van der Waals surface area contributed by atoms with Gasteiger partial charge in [-0.1, -0.05) is 30.3 Å². The molecule has 1 aromatic rings. The SMILES string of the molecule is O=C(C[C@H]1CCS(=O)(=O)C1)NOCc1ccccc1. The van der Waals surface area contributed by atoms with Gasteiger partial charge in [-0.25, -0.2) is 13.9 Å². The van der Waals surface area contributed by atoms with E-state index in [1.807, 2.05) is 30.3 Å². The Balaban J connectivity index is 1.68. The summed E-state index contributed by atoms with van der Waals surface area (Å²) in [7, 11) is -2.93. The summed E-state index contributed by atoms with van der Waals surface area (Å²) in [4.78, 5) is 16.7. The molecule has 1 atom stereocenters. The lowest BCUT2D eigenvalue weighted by atomic mass is 10.1. The molecule has 5 nitrogen and oxygen atoms in total. The number of benzene rings is 1. The van der Waals surface area contributed by atoms with E-state index < -0.39 is 9.84 Å². The molecule has 1 saturated heterocycles. The smallest absolute Gasteiger partial charge is 0.243 e. The average Bonchev–Trinajstić information content (AvgIpc) is 2.70. The molecule has 0 aromatic heterocycles. The number of amides is 1. The Hall–Kier alpha value is -1.40. The molecule has 0 aliphatic carbocycles. The van der Waals surface area contributed by atoms with Crippen LogP contribution in [0.5, 0.6) is 0 Å². The Morgan fingerprint density at radius 3 is 2.68 bits per heavy atom. The average molecular weight is 283 g/mol. The fourth-order valence-corrected chi connectivity index (χ4v) is 3.97. The van der Waals surface area contributed by atoms with Gasteiger partial charge in [0.2, 0.25) is 5.91 Å². The first-order valence-corrected chi connectivity index (χ1v) is 8.02. The molecule has 1 amide bonds. The van der Waals surface area contributed by atoms with E-state index in [0.717, 1.165) is 5.56 Å². The second-order valence-corrected chi connectivity index (χ2v) is 7.00. The van der Waals surface area contributed by atoms with Gasteiger partial charge in [0.15, 0.2) is 9.84 Å². The fourth-order valence-electron chi connectivity index (χ4n) is 2.11. The summed E-state index contributed by atoms with van der Waals surface area (Å²) in [5.41, 5.74) is 3.32. The van der Waals surface area contributed by atoms with Crippen molar-refractivity contribution < 1.29 is 18.0 Å². The Labute approximate surface area is 112 Å². The molecule has 0 spiro atoms. The number of nitrogens with one attached hydrogen (secondary N) is 1. The molecule has 6 heteroatoms. The zero-order valence-corrected chi connectivity index (χ0v) is 11.4. The summed E-state index contributed by atoms with van der Waals surface area (Å²) in [6.07, 6.45) is 0.766. The lowest BCUT2D eigenvalue weighted by Gasteiger charge is -2.08. The van der Waals surface area contributed by atoms with Crippen molar-refractivity contribution in [3.63, 3.8) is 0 Å². The molecule has 104 valence electrons. The van der Waals surface area contributed by atoms with E-state index >= 15 is 0 Å². The van der Waals surface area contributed by atoms with Crippen LogP contribution in [0.25, 0.3) is 0 Å². The number of hydrogen-bond donors (Lipinski definition) is 1. The van der Waals surface area contributed by atoms with E-state index in [4.69, 9.17) is 4.84 Å². The first kappa shape index (κ1) is 14.0. The first-order chi connectivity index (χ1) is 9.05. The van der Waals surface area contributed by atoms with Gasteiger partial charge in [0.1, 0.15) is 0 Å². The standard InChI is InChI=1S/C13H17NO4S/c15-13(8-12-6-7-19(16,17)10-12)14-18-9-11-4-2-1-3-5-11/h1-5,12H,6-10H2,(H,14,15)/t12-/m1/s1. The minimum absolute atomic E-state index is 0.0784. The molecule has 0 radical (unpaired) electrons. The molecule has 0 bridgehead atoms. The second-order valence-electron chi connectivity index (χ2n) is 4.77. The van der Waals surface area contributed by atoms with Gasteiger partial charge in [0, 0.05) is 6.42 Å². The van der Waals surface area contributed by atoms with Gasteiger partial charge in [-0.3, -0.25) is 9.63 Å². The van der Waals surface area contributed by atoms with Crippen molar-refractivity contribution in [2.75, 3.05) is 11.5 Å². The number of carbonyl (C=O) groups is 1. The Kier molecular flexibility index (Phi) is 4.55. The maximum absolute atomic E-state index is 11.6. The van der Waals surface area contributed by atoms with Crippen LogP contribution >= 0.6 is 0 Å². The van der Waals surface area contributed by atoms with Crippen molar-refractivity contribution >= 4 is 15.7 Å². The fraction of sp³-hybridized carbons (Fsp3) is 0.462. The Morgan fingerprint density at radius 1 is 1.32 bits per heavy atom. The zero-order chi connectivity index (χ0) is 13.7. The number of hydroxylamine groups is 1. The topological polar surface area (TPSA) is 72.5 Å². The van der Waals surface area contributed by atoms with Gasteiger partial charge in [0.05, 0.1) is 18.1 Å². The summed E-state index contributed by atoms with van der Waals surface area (Å²) in [6, 6.07) is 9.49. The highest BCUT2D eigenvalue weighted by Gasteiger charge is 2.29. The van der Waals surface area contributed by atoms with E-state index in [9.17, 15) is 13.2 Å². The molecular formula is C13H17NO4S. The van der Waals surface area contributed by atoms with Crippen LogP contribution in [0.4, 0.5) is 0 Å². The second kappa shape index (κ2) is 6.16. The van der Waals surface area contributed by atoms with Crippen LogP contribution in [-0.2, 0) is 26.1 Å². The highest BCUT2D eigenvalue weighted by Crippen LogP contribution is 2.21. The third-order valence-corrected chi connectivity index (χ3v) is 4.91. The van der Waals surface area contributed by atoms with E-state index in [2.05, 4.69) is 5.48 Å². The molecule has 2 rings (SSSR count). The molecule has 1 N–H and O–H groups in total. The van der Waals surface area contributed by atoms with Crippen LogP contribution < -0.4 is 5.48 Å². The highest BCUT2D eigenvalue weighted by molar-refractivity contribution is 7.91. The summed E-state index contributed by atoms with van der Waals surface area (Å²) in [5.74, 6) is -0.0436. The van der Waals surface area contributed by atoms with Crippen molar-refractivity contribution in [1.82, 2.24) is 5.48 Å². The van der Waals surface area contributed by atoms with Gasteiger partial charge in [0.25, 0.3) is 0 Å². The molecule has 1 aromatic carbocycles. The number of rotatable bonds is 5. The molecular weight excluding hydrogens is 266 g/mol. The van der Waals surface area contributed by atoms with Gasteiger partial charge in [-0.15, -0.1) is 0 Å². The predicted molar refractivity (Wildman–Crippen MR) is 70.8 cm³/mol. The summed E-state index contributed by atoms with van der Waals surface area (Å²) >= 11 is 0. The summed E-state index contributed by atoms with van der Waals surface area (Å²) in [5, 5.41) is 0. The van der Waals surface area contributed by atoms with Crippen molar-refractivity contribution in [2.45, 2.75) is 19.4 Å². The Morgan fingerprint density at radius 2 is 2.05 bits per heavy atom. The third-order valence-electron chi connectivity index (χ3n) is 3.07. The van der Waals surface area contributed by atoms with Crippen LogP contribution in [0, 0.1) is 5.92 Å². The number of sulfone groups is 1. The van der Waals surface area contributed by atoms with Crippen LogP contribution in [0.2, 0.25) is 0 Å². The molecule has 1 fully saturated rings. The highest BCUT2D eigenvalue weighted by atomic mass is 32.2. The third kappa shape index (κ3) is 4.65. The van der Waals surface area contributed by atoms with Gasteiger partial charge in [-0.05, 0) is 17.9 Å². The Bertz CT molecular complexity index is 527. The van der Waals surface area contributed by atoms with Crippen LogP contribution in [0.15, 0.2) is 30.3 Å². The van der Waals surface area contributed by atoms with Crippen molar-refractivity contribution in [2.24, 2.45) is 5.92 Å². The summed E-state index contributed by atoms with van der Waals surface area (Å²) < 4.78 is 22.5. The molecule has 0 saturated carbocycles. The molecule has 0 unspecified atom stereocenters. The minimum Gasteiger partial charge on any atom is -0.273 e. The van der Waals surface area contributed by atoms with Crippen LogP contribution in [0.3, 0.4) is 0 Å². The predicted octanol–water partition coefficient (Wildman–Crippen LogP) is 1.06. The van der Waals surface area contributed by atoms with E-state index in [1.165, 1.54) is 0 Å². The van der Waals surface area contributed by atoms with Crippen LogP contribution in [0.1, 0.15) is 18.4 Å². The summed E-state index contributed by atoms with van der Waals surface area (Å²) in [6.45, 7) is 0.301. The van der Waals surface area contributed by atoms with Crippen molar-refractivity contribution in [1.29, 1.82) is 0 Å². The molecule has 1 heterocycles. The van der Waals surface area contributed by atoms with E-state index in [1.54, 1.807) is 0 Å². The normalized spacial score (nSPS) is 21.2. The number of hydrogen-bond acceptors (Lipinski definition) is 4.